The fourth-order valence-electron chi connectivity index (χ4n) is 3.86. The minimum atomic E-state index is -0.519. The topological polar surface area (TPSA) is 114 Å². The van der Waals surface area contributed by atoms with Crippen LogP contribution in [0.2, 0.25) is 0 Å². The number of cyclic esters (lactones) is 1. The van der Waals surface area contributed by atoms with E-state index < -0.39 is 5.97 Å². The summed E-state index contributed by atoms with van der Waals surface area (Å²) in [6.45, 7) is 7.16. The Hall–Kier alpha value is -2.94. The number of carbonyl (C=O) groups excluding carboxylic acids is 3. The lowest BCUT2D eigenvalue weighted by molar-refractivity contribution is -0.121. The molecule has 0 unspecified atom stereocenters. The minimum Gasteiger partial charge on any atom is -0.507 e. The Labute approximate surface area is 217 Å². The van der Waals surface area contributed by atoms with Gasteiger partial charge in [-0.3, -0.25) is 9.59 Å². The van der Waals surface area contributed by atoms with Gasteiger partial charge in [-0.1, -0.05) is 30.7 Å². The lowest BCUT2D eigenvalue weighted by atomic mass is 9.94. The number of benzene rings is 1. The van der Waals surface area contributed by atoms with Crippen molar-refractivity contribution >= 4 is 29.5 Å². The lowest BCUT2D eigenvalue weighted by Gasteiger charge is -2.15. The molecule has 9 heteroatoms. The van der Waals surface area contributed by atoms with Crippen LogP contribution >= 0.6 is 11.8 Å². The zero-order valence-corrected chi connectivity index (χ0v) is 22.5. The summed E-state index contributed by atoms with van der Waals surface area (Å²) in [7, 11) is 1.54. The van der Waals surface area contributed by atoms with E-state index in [9.17, 15) is 19.5 Å². The second kappa shape index (κ2) is 15.2. The largest absolute Gasteiger partial charge is 0.507 e. The molecule has 0 aromatic heterocycles. The molecule has 1 aromatic rings. The van der Waals surface area contributed by atoms with Crippen molar-refractivity contribution in [3.05, 3.63) is 46.1 Å². The van der Waals surface area contributed by atoms with Crippen molar-refractivity contribution in [2.24, 2.45) is 0 Å². The number of nitrogens with one attached hydrogen (secondary N) is 2. The molecule has 198 valence electrons. The summed E-state index contributed by atoms with van der Waals surface area (Å²) >= 11 is 1.68. The van der Waals surface area contributed by atoms with Crippen LogP contribution in [-0.2, 0) is 27.4 Å². The predicted molar refractivity (Wildman–Crippen MR) is 143 cm³/mol. The molecule has 2 rings (SSSR count). The molecule has 3 N–H and O–H groups in total. The Morgan fingerprint density at radius 2 is 1.83 bits per heavy atom. The second-order valence-corrected chi connectivity index (χ2v) is 9.79. The van der Waals surface area contributed by atoms with Crippen LogP contribution in [0.25, 0.3) is 0 Å². The number of phenols is 1. The quantitative estimate of drug-likeness (QED) is 0.183. The Bertz CT molecular complexity index is 1000. The van der Waals surface area contributed by atoms with Gasteiger partial charge in [0.25, 0.3) is 0 Å². The number of allylic oxidation sites excluding steroid dienone is 3. The van der Waals surface area contributed by atoms with Gasteiger partial charge in [0, 0.05) is 48.6 Å². The molecule has 0 atom stereocenters. The molecule has 1 heterocycles. The van der Waals surface area contributed by atoms with E-state index in [1.807, 2.05) is 39.0 Å². The van der Waals surface area contributed by atoms with Crippen molar-refractivity contribution in [2.75, 3.05) is 31.7 Å². The first-order chi connectivity index (χ1) is 17.3. The highest BCUT2D eigenvalue weighted by Gasteiger charge is 2.31. The Kier molecular flexibility index (Phi) is 12.4. The number of phenolic OH excluding ortho intramolecular Hbond substituents is 1. The second-order valence-electron chi connectivity index (χ2n) is 8.57. The number of carbonyl (C=O) groups is 3. The van der Waals surface area contributed by atoms with E-state index in [1.165, 1.54) is 7.11 Å². The van der Waals surface area contributed by atoms with Crippen molar-refractivity contribution in [2.45, 2.75) is 59.5 Å². The molecule has 2 amide bonds. The van der Waals surface area contributed by atoms with Crippen LogP contribution in [0.1, 0.15) is 66.6 Å². The van der Waals surface area contributed by atoms with Crippen LogP contribution in [0, 0.1) is 6.92 Å². The first kappa shape index (κ1) is 29.3. The first-order valence-corrected chi connectivity index (χ1v) is 13.5. The molecule has 0 aliphatic carbocycles. The van der Waals surface area contributed by atoms with Gasteiger partial charge in [0.05, 0.1) is 7.11 Å². The number of rotatable bonds is 15. The molecule has 0 bridgehead atoms. The Morgan fingerprint density at radius 3 is 2.50 bits per heavy atom. The van der Waals surface area contributed by atoms with Gasteiger partial charge in [0.15, 0.2) is 0 Å². The number of hydrogen-bond acceptors (Lipinski definition) is 7. The fraction of sp³-hybridized carbons (Fsp3) is 0.519. The van der Waals surface area contributed by atoms with Crippen molar-refractivity contribution in [1.29, 1.82) is 0 Å². The molecular formula is C27H38N2O6S. The molecule has 1 aliphatic heterocycles. The number of ether oxygens (including phenoxy) is 2. The van der Waals surface area contributed by atoms with Crippen LogP contribution < -0.4 is 15.4 Å². The van der Waals surface area contributed by atoms with E-state index in [2.05, 4.69) is 10.6 Å². The maximum absolute atomic E-state index is 12.2. The highest BCUT2D eigenvalue weighted by molar-refractivity contribution is 7.99. The van der Waals surface area contributed by atoms with Crippen LogP contribution in [0.4, 0.5) is 0 Å². The number of thioether (sulfide) groups is 1. The standard InChI is InChI=1S/C27H38N2O6S/c1-5-6-7-8-22(30)28-13-15-36-16-14-29-23(31)12-10-18(2)9-11-20-25(32)24-21(17-35-27(24)33)19(3)26(20)34-4/h6-7,9,32H,5,8,10-17H2,1-4H3,(H,28,30)(H,29,31)/b7-6-,18-9+. The third-order valence-corrected chi connectivity index (χ3v) is 6.88. The number of esters is 1. The molecular weight excluding hydrogens is 480 g/mol. The van der Waals surface area contributed by atoms with E-state index in [1.54, 1.807) is 11.8 Å². The third kappa shape index (κ3) is 8.62. The van der Waals surface area contributed by atoms with E-state index in [4.69, 9.17) is 9.47 Å². The minimum absolute atomic E-state index is 0.0177. The fourth-order valence-corrected chi connectivity index (χ4v) is 4.56. The van der Waals surface area contributed by atoms with E-state index in [0.29, 0.717) is 55.6 Å². The molecule has 1 aliphatic rings. The normalized spacial score (nSPS) is 13.0. The van der Waals surface area contributed by atoms with E-state index in [-0.39, 0.29) is 29.7 Å². The first-order valence-electron chi connectivity index (χ1n) is 12.3. The molecule has 0 radical (unpaired) electrons. The zero-order valence-electron chi connectivity index (χ0n) is 21.7. The van der Waals surface area contributed by atoms with Gasteiger partial charge in [0.2, 0.25) is 11.8 Å². The van der Waals surface area contributed by atoms with Crippen LogP contribution in [0.3, 0.4) is 0 Å². The summed E-state index contributed by atoms with van der Waals surface area (Å²) in [6, 6.07) is 0. The number of amides is 2. The third-order valence-electron chi connectivity index (χ3n) is 5.89. The van der Waals surface area contributed by atoms with Crippen LogP contribution in [0.15, 0.2) is 23.8 Å². The maximum Gasteiger partial charge on any atom is 0.342 e. The Morgan fingerprint density at radius 1 is 1.14 bits per heavy atom. The number of fused-ring (bicyclic) bond motifs is 1. The van der Waals surface area contributed by atoms with Gasteiger partial charge in [-0.05, 0) is 38.7 Å². The number of methoxy groups -OCH3 is 1. The monoisotopic (exact) mass is 518 g/mol. The zero-order chi connectivity index (χ0) is 26.5. The summed E-state index contributed by atoms with van der Waals surface area (Å²) in [5, 5.41) is 16.5. The van der Waals surface area contributed by atoms with Gasteiger partial charge in [0.1, 0.15) is 23.7 Å². The molecule has 8 nitrogen and oxygen atoms in total. The molecule has 0 fully saturated rings. The summed E-state index contributed by atoms with van der Waals surface area (Å²) in [5.74, 6) is 1.53. The van der Waals surface area contributed by atoms with Crippen molar-refractivity contribution in [3.63, 3.8) is 0 Å². The molecule has 0 saturated heterocycles. The number of hydrogen-bond donors (Lipinski definition) is 3. The predicted octanol–water partition coefficient (Wildman–Crippen LogP) is 3.97. The van der Waals surface area contributed by atoms with Crippen molar-refractivity contribution in [1.82, 2.24) is 10.6 Å². The maximum atomic E-state index is 12.2. The van der Waals surface area contributed by atoms with Crippen LogP contribution in [-0.4, -0.2) is 54.6 Å². The van der Waals surface area contributed by atoms with Crippen LogP contribution in [0.5, 0.6) is 11.5 Å². The highest BCUT2D eigenvalue weighted by atomic mass is 32.2. The van der Waals surface area contributed by atoms with Gasteiger partial charge >= 0.3 is 5.97 Å². The van der Waals surface area contributed by atoms with Gasteiger partial charge in [-0.25, -0.2) is 4.79 Å². The van der Waals surface area contributed by atoms with E-state index in [0.717, 1.165) is 29.1 Å². The van der Waals surface area contributed by atoms with E-state index >= 15 is 0 Å². The summed E-state index contributed by atoms with van der Waals surface area (Å²) in [6.07, 6.45) is 8.48. The summed E-state index contributed by atoms with van der Waals surface area (Å²) < 4.78 is 10.6. The average molecular weight is 519 g/mol. The molecule has 1 aromatic carbocycles. The molecule has 0 spiro atoms. The average Bonchev–Trinajstić information content (AvgIpc) is 3.25. The van der Waals surface area contributed by atoms with Crippen molar-refractivity contribution < 1.29 is 29.0 Å². The lowest BCUT2D eigenvalue weighted by Crippen LogP contribution is -2.27. The van der Waals surface area contributed by atoms with Gasteiger partial charge in [-0.2, -0.15) is 11.8 Å². The summed E-state index contributed by atoms with van der Waals surface area (Å²) in [5.41, 5.74) is 3.23. The molecule has 36 heavy (non-hydrogen) atoms. The van der Waals surface area contributed by atoms with Gasteiger partial charge in [-0.15, -0.1) is 0 Å². The molecule has 0 saturated carbocycles. The highest BCUT2D eigenvalue weighted by Crippen LogP contribution is 2.42. The smallest absolute Gasteiger partial charge is 0.342 e. The number of aromatic hydroxyl groups is 1. The van der Waals surface area contributed by atoms with Crippen molar-refractivity contribution in [3.8, 4) is 11.5 Å². The summed E-state index contributed by atoms with van der Waals surface area (Å²) in [4.78, 5) is 35.8. The van der Waals surface area contributed by atoms with Gasteiger partial charge < -0.3 is 25.2 Å². The SMILES string of the molecule is CC/C=C\CC(=O)NCCSCCNC(=O)CC/C(C)=C/Cc1c(O)c2c(c(C)c1OC)COC2=O. The Balaban J connectivity index is 1.70.